The average Bonchev–Trinajstić information content (AvgIpc) is 2.50. The van der Waals surface area contributed by atoms with E-state index in [-0.39, 0.29) is 0 Å². The summed E-state index contributed by atoms with van der Waals surface area (Å²) in [7, 11) is 1.91. The van der Waals surface area contributed by atoms with E-state index in [4.69, 9.17) is 0 Å². The summed E-state index contributed by atoms with van der Waals surface area (Å²) in [5, 5.41) is 3.03. The molecule has 0 aliphatic carbocycles. The van der Waals surface area contributed by atoms with Gasteiger partial charge >= 0.3 is 0 Å². The maximum atomic E-state index is 10.2. The third kappa shape index (κ3) is 7.77. The Labute approximate surface area is 116 Å². The van der Waals surface area contributed by atoms with E-state index in [0.717, 1.165) is 23.1 Å². The summed E-state index contributed by atoms with van der Waals surface area (Å²) in [6.45, 7) is 5.97. The molecule has 2 nitrogen and oxygen atoms in total. The Balaban J connectivity index is 0.000000303. The zero-order valence-corrected chi connectivity index (χ0v) is 12.2. The molecular weight excluding hydrogens is 234 g/mol. The lowest BCUT2D eigenvalue weighted by atomic mass is 10.2. The number of aryl methyl sites for hydroxylation is 1. The molecule has 0 aromatic heterocycles. The number of nitrogens with one attached hydrogen (secondary N) is 1. The van der Waals surface area contributed by atoms with Gasteiger partial charge in [0.15, 0.2) is 0 Å². The van der Waals surface area contributed by atoms with Crippen LogP contribution in [0.25, 0.3) is 0 Å². The fourth-order valence-electron chi connectivity index (χ4n) is 1.35. The molecule has 102 valence electrons. The molecule has 0 atom stereocenters. The highest BCUT2D eigenvalue weighted by molar-refractivity contribution is 5.74. The summed E-state index contributed by atoms with van der Waals surface area (Å²) in [5.74, 6) is 0. The van der Waals surface area contributed by atoms with Crippen molar-refractivity contribution in [3.8, 4) is 0 Å². The van der Waals surface area contributed by atoms with Crippen LogP contribution in [0, 0.1) is 6.92 Å². The van der Waals surface area contributed by atoms with Crippen molar-refractivity contribution in [3.05, 3.63) is 65.7 Å². The minimum atomic E-state index is 0.745. The van der Waals surface area contributed by atoms with Crippen LogP contribution in [0.4, 0.5) is 5.69 Å². The summed E-state index contributed by atoms with van der Waals surface area (Å²) in [6.07, 6.45) is 0.854. The minimum absolute atomic E-state index is 0.745. The van der Waals surface area contributed by atoms with Crippen LogP contribution in [0.1, 0.15) is 29.8 Å². The van der Waals surface area contributed by atoms with Crippen LogP contribution in [0.5, 0.6) is 0 Å². The zero-order chi connectivity index (χ0) is 14.5. The number of anilines is 1. The van der Waals surface area contributed by atoms with E-state index < -0.39 is 0 Å². The van der Waals surface area contributed by atoms with Crippen LogP contribution < -0.4 is 5.32 Å². The molecule has 0 bridgehead atoms. The molecule has 0 radical (unpaired) electrons. The van der Waals surface area contributed by atoms with Crippen LogP contribution in [0.15, 0.2) is 54.6 Å². The summed E-state index contributed by atoms with van der Waals surface area (Å²) < 4.78 is 0. The Morgan fingerprint density at radius 1 is 0.947 bits per heavy atom. The van der Waals surface area contributed by atoms with Crippen molar-refractivity contribution in [2.24, 2.45) is 0 Å². The van der Waals surface area contributed by atoms with Gasteiger partial charge in [-0.3, -0.25) is 4.79 Å². The SMILES string of the molecule is CC.CNc1ccccc1.Cc1cccc(C=O)c1. The van der Waals surface area contributed by atoms with Crippen LogP contribution in [-0.2, 0) is 0 Å². The topological polar surface area (TPSA) is 29.1 Å². The van der Waals surface area contributed by atoms with Gasteiger partial charge in [-0.25, -0.2) is 0 Å². The van der Waals surface area contributed by atoms with Gasteiger partial charge in [0.1, 0.15) is 6.29 Å². The first-order chi connectivity index (χ1) is 9.26. The van der Waals surface area contributed by atoms with Crippen molar-refractivity contribution < 1.29 is 4.79 Å². The molecule has 0 fully saturated rings. The van der Waals surface area contributed by atoms with Gasteiger partial charge in [0.25, 0.3) is 0 Å². The number of rotatable bonds is 2. The van der Waals surface area contributed by atoms with E-state index in [9.17, 15) is 4.79 Å². The Bertz CT molecular complexity index is 452. The fourth-order valence-corrected chi connectivity index (χ4v) is 1.35. The molecule has 1 N–H and O–H groups in total. The minimum Gasteiger partial charge on any atom is -0.388 e. The Morgan fingerprint density at radius 3 is 1.95 bits per heavy atom. The lowest BCUT2D eigenvalue weighted by Crippen LogP contribution is -1.84. The molecule has 0 unspecified atom stereocenters. The van der Waals surface area contributed by atoms with Crippen molar-refractivity contribution in [3.63, 3.8) is 0 Å². The first-order valence-corrected chi connectivity index (χ1v) is 6.51. The predicted molar refractivity (Wildman–Crippen MR) is 83.9 cm³/mol. The standard InChI is InChI=1S/C8H8O.C7H9N.C2H6/c1-7-3-2-4-8(5-7)6-9;1-8-7-5-3-2-4-6-7;1-2/h2-6H,1H3;2-6,8H,1H3;1-2H3. The monoisotopic (exact) mass is 257 g/mol. The fraction of sp³-hybridized carbons (Fsp3) is 0.235. The molecule has 0 spiro atoms. The van der Waals surface area contributed by atoms with E-state index in [1.165, 1.54) is 0 Å². The van der Waals surface area contributed by atoms with Gasteiger partial charge in [-0.1, -0.05) is 55.8 Å². The molecule has 2 aromatic rings. The molecule has 2 heteroatoms. The molecule has 2 rings (SSSR count). The summed E-state index contributed by atoms with van der Waals surface area (Å²) in [5.41, 5.74) is 3.03. The highest BCUT2D eigenvalue weighted by Crippen LogP contribution is 2.01. The predicted octanol–water partition coefficient (Wildman–Crippen LogP) is 4.56. The van der Waals surface area contributed by atoms with Gasteiger partial charge in [-0.15, -0.1) is 0 Å². The highest BCUT2D eigenvalue weighted by atomic mass is 16.1. The van der Waals surface area contributed by atoms with Gasteiger partial charge < -0.3 is 5.32 Å². The van der Waals surface area contributed by atoms with Crippen molar-refractivity contribution in [2.75, 3.05) is 12.4 Å². The van der Waals surface area contributed by atoms with E-state index in [2.05, 4.69) is 5.32 Å². The Hall–Kier alpha value is -2.09. The molecule has 2 aromatic carbocycles. The quantitative estimate of drug-likeness (QED) is 0.799. The second-order valence-electron chi connectivity index (χ2n) is 3.65. The number of carbonyl (C=O) groups excluding carboxylic acids is 1. The van der Waals surface area contributed by atoms with Gasteiger partial charge in [0, 0.05) is 18.3 Å². The normalized spacial score (nSPS) is 8.21. The van der Waals surface area contributed by atoms with Gasteiger partial charge in [-0.2, -0.15) is 0 Å². The van der Waals surface area contributed by atoms with Crippen LogP contribution in [0.2, 0.25) is 0 Å². The molecule has 0 saturated carbocycles. The largest absolute Gasteiger partial charge is 0.388 e. The lowest BCUT2D eigenvalue weighted by Gasteiger charge is -1.94. The second kappa shape index (κ2) is 11.0. The number of carbonyl (C=O) groups is 1. The smallest absolute Gasteiger partial charge is 0.150 e. The van der Waals surface area contributed by atoms with Gasteiger partial charge in [0.05, 0.1) is 0 Å². The zero-order valence-electron chi connectivity index (χ0n) is 12.2. The Kier molecular flexibility index (Phi) is 9.81. The maximum Gasteiger partial charge on any atom is 0.150 e. The molecule has 0 aliphatic rings. The van der Waals surface area contributed by atoms with Crippen molar-refractivity contribution in [2.45, 2.75) is 20.8 Å². The van der Waals surface area contributed by atoms with E-state index in [0.29, 0.717) is 0 Å². The van der Waals surface area contributed by atoms with Crippen molar-refractivity contribution >= 4 is 12.0 Å². The number of aldehydes is 1. The van der Waals surface area contributed by atoms with E-state index in [1.807, 2.05) is 76.3 Å². The van der Waals surface area contributed by atoms with Gasteiger partial charge in [0.2, 0.25) is 0 Å². The second-order valence-corrected chi connectivity index (χ2v) is 3.65. The number of hydrogen-bond acceptors (Lipinski definition) is 2. The molecule has 0 amide bonds. The number of hydrogen-bond donors (Lipinski definition) is 1. The van der Waals surface area contributed by atoms with Crippen LogP contribution in [-0.4, -0.2) is 13.3 Å². The summed E-state index contributed by atoms with van der Waals surface area (Å²) >= 11 is 0. The first-order valence-electron chi connectivity index (χ1n) is 6.51. The molecular formula is C17H23NO. The maximum absolute atomic E-state index is 10.2. The van der Waals surface area contributed by atoms with Gasteiger partial charge in [-0.05, 0) is 25.1 Å². The number of para-hydroxylation sites is 1. The summed E-state index contributed by atoms with van der Waals surface area (Å²) in [6, 6.07) is 17.6. The van der Waals surface area contributed by atoms with Crippen molar-refractivity contribution in [1.29, 1.82) is 0 Å². The van der Waals surface area contributed by atoms with E-state index in [1.54, 1.807) is 6.07 Å². The molecule has 0 aliphatic heterocycles. The molecule has 0 saturated heterocycles. The van der Waals surface area contributed by atoms with Crippen molar-refractivity contribution in [1.82, 2.24) is 0 Å². The third-order valence-corrected chi connectivity index (χ3v) is 2.24. The first kappa shape index (κ1) is 16.9. The van der Waals surface area contributed by atoms with E-state index >= 15 is 0 Å². The summed E-state index contributed by atoms with van der Waals surface area (Å²) in [4.78, 5) is 10.2. The number of benzene rings is 2. The third-order valence-electron chi connectivity index (χ3n) is 2.24. The van der Waals surface area contributed by atoms with Crippen LogP contribution in [0.3, 0.4) is 0 Å². The lowest BCUT2D eigenvalue weighted by molar-refractivity contribution is 0.112. The Morgan fingerprint density at radius 2 is 1.58 bits per heavy atom. The average molecular weight is 257 g/mol. The van der Waals surface area contributed by atoms with Crippen LogP contribution >= 0.6 is 0 Å². The molecule has 19 heavy (non-hydrogen) atoms. The molecule has 0 heterocycles. The highest BCUT2D eigenvalue weighted by Gasteiger charge is 1.86.